The molecule has 0 fully saturated rings. The first kappa shape index (κ1) is 13.7. The fourth-order valence-corrected chi connectivity index (χ4v) is 1.84. The Morgan fingerprint density at radius 1 is 1.32 bits per heavy atom. The summed E-state index contributed by atoms with van der Waals surface area (Å²) < 4.78 is 6.42. The molecular formula is C10H6Br2N4O3. The number of hydrogen-bond acceptors (Lipinski definition) is 6. The molecule has 19 heavy (non-hydrogen) atoms. The maximum absolute atomic E-state index is 10.7. The number of benzene rings is 1. The molecule has 0 aliphatic rings. The lowest BCUT2D eigenvalue weighted by atomic mass is 10.3. The van der Waals surface area contributed by atoms with Crippen molar-refractivity contribution in [2.45, 2.75) is 0 Å². The number of nitrogens with zero attached hydrogens (tertiary/aromatic N) is 3. The van der Waals surface area contributed by atoms with E-state index < -0.39 is 4.92 Å². The number of nitro benzene ring substituents is 1. The number of nitrogens with two attached hydrogens (primary N) is 1. The summed E-state index contributed by atoms with van der Waals surface area (Å²) in [4.78, 5) is 17.9. The first-order valence-electron chi connectivity index (χ1n) is 4.87. The molecule has 9 heteroatoms. The van der Waals surface area contributed by atoms with Crippen molar-refractivity contribution >= 4 is 43.4 Å². The molecule has 0 spiro atoms. The summed E-state index contributed by atoms with van der Waals surface area (Å²) in [6, 6.07) is 4.17. The van der Waals surface area contributed by atoms with Gasteiger partial charge in [0.25, 0.3) is 5.69 Å². The van der Waals surface area contributed by atoms with E-state index >= 15 is 0 Å². The third-order valence-corrected chi connectivity index (χ3v) is 3.52. The van der Waals surface area contributed by atoms with Crippen LogP contribution in [0.5, 0.6) is 11.6 Å². The Hall–Kier alpha value is -1.74. The molecule has 0 aliphatic heterocycles. The Bertz CT molecular complexity index is 651. The normalized spacial score (nSPS) is 10.2. The van der Waals surface area contributed by atoms with Crippen LogP contribution in [-0.2, 0) is 0 Å². The van der Waals surface area contributed by atoms with Crippen LogP contribution in [0.25, 0.3) is 0 Å². The first-order valence-corrected chi connectivity index (χ1v) is 6.45. The number of non-ortho nitro benzene ring substituents is 1. The molecule has 1 heterocycles. The van der Waals surface area contributed by atoms with Gasteiger partial charge >= 0.3 is 0 Å². The summed E-state index contributed by atoms with van der Waals surface area (Å²) in [5, 5.41) is 10.7. The molecule has 0 amide bonds. The summed E-state index contributed by atoms with van der Waals surface area (Å²) >= 11 is 6.43. The second-order valence-corrected chi connectivity index (χ2v) is 5.00. The molecule has 0 unspecified atom stereocenters. The van der Waals surface area contributed by atoms with E-state index in [0.717, 1.165) is 0 Å². The van der Waals surface area contributed by atoms with E-state index in [1.807, 2.05) is 0 Å². The van der Waals surface area contributed by atoms with Crippen LogP contribution in [0.3, 0.4) is 0 Å². The maximum Gasteiger partial charge on any atom is 0.273 e. The molecule has 0 bridgehead atoms. The highest BCUT2D eigenvalue weighted by Crippen LogP contribution is 2.35. The highest BCUT2D eigenvalue weighted by Gasteiger charge is 2.14. The van der Waals surface area contributed by atoms with Crippen molar-refractivity contribution in [1.82, 2.24) is 9.97 Å². The monoisotopic (exact) mass is 388 g/mol. The molecule has 2 rings (SSSR count). The number of halogens is 2. The number of ether oxygens (including phenoxy) is 1. The Morgan fingerprint density at radius 3 is 2.74 bits per heavy atom. The minimum Gasteiger partial charge on any atom is -0.436 e. The molecule has 0 saturated heterocycles. The molecule has 0 atom stereocenters. The number of nitro groups is 1. The van der Waals surface area contributed by atoms with Crippen LogP contribution in [0, 0.1) is 10.1 Å². The minimum absolute atomic E-state index is 0.0867. The molecular weight excluding hydrogens is 384 g/mol. The lowest BCUT2D eigenvalue weighted by Crippen LogP contribution is -1.97. The highest BCUT2D eigenvalue weighted by molar-refractivity contribution is 9.11. The van der Waals surface area contributed by atoms with Gasteiger partial charge in [0.2, 0.25) is 5.88 Å². The summed E-state index contributed by atoms with van der Waals surface area (Å²) in [7, 11) is 0. The van der Waals surface area contributed by atoms with Gasteiger partial charge in [0.1, 0.15) is 16.6 Å². The van der Waals surface area contributed by atoms with Crippen LogP contribution < -0.4 is 10.5 Å². The van der Waals surface area contributed by atoms with Crippen LogP contribution >= 0.6 is 31.9 Å². The SMILES string of the molecule is Nc1ncnc(Oc2cc([N+](=O)[O-])ccc2Br)c1Br. The number of nitrogen functional groups attached to an aromatic ring is 1. The van der Waals surface area contributed by atoms with Gasteiger partial charge in [-0.2, -0.15) is 0 Å². The average Bonchev–Trinajstić information content (AvgIpc) is 2.37. The predicted molar refractivity (Wildman–Crippen MR) is 75.0 cm³/mol. The second kappa shape index (κ2) is 5.49. The van der Waals surface area contributed by atoms with Gasteiger partial charge in [0, 0.05) is 6.07 Å². The number of aromatic nitrogens is 2. The largest absolute Gasteiger partial charge is 0.436 e. The minimum atomic E-state index is -0.511. The van der Waals surface area contributed by atoms with E-state index in [-0.39, 0.29) is 23.1 Å². The van der Waals surface area contributed by atoms with Crippen LogP contribution in [0.2, 0.25) is 0 Å². The molecule has 0 saturated carbocycles. The lowest BCUT2D eigenvalue weighted by Gasteiger charge is -2.08. The van der Waals surface area contributed by atoms with E-state index in [1.54, 1.807) is 0 Å². The van der Waals surface area contributed by atoms with Gasteiger partial charge in [-0.15, -0.1) is 0 Å². The standard InChI is InChI=1S/C10H6Br2N4O3/c11-6-2-1-5(16(17)18)3-7(6)19-10-8(12)9(13)14-4-15-10/h1-4H,(H2,13,14,15). The van der Waals surface area contributed by atoms with E-state index in [4.69, 9.17) is 10.5 Å². The van der Waals surface area contributed by atoms with Crippen molar-refractivity contribution in [3.63, 3.8) is 0 Å². The van der Waals surface area contributed by atoms with Crippen molar-refractivity contribution in [2.24, 2.45) is 0 Å². The molecule has 0 radical (unpaired) electrons. The van der Waals surface area contributed by atoms with Gasteiger partial charge < -0.3 is 10.5 Å². The van der Waals surface area contributed by atoms with Crippen molar-refractivity contribution in [3.8, 4) is 11.6 Å². The van der Waals surface area contributed by atoms with Gasteiger partial charge in [-0.3, -0.25) is 10.1 Å². The smallest absolute Gasteiger partial charge is 0.273 e. The van der Waals surface area contributed by atoms with E-state index in [0.29, 0.717) is 8.95 Å². The van der Waals surface area contributed by atoms with Crippen LogP contribution in [0.1, 0.15) is 0 Å². The van der Waals surface area contributed by atoms with Gasteiger partial charge in [0.15, 0.2) is 5.75 Å². The highest BCUT2D eigenvalue weighted by atomic mass is 79.9. The predicted octanol–water partition coefficient (Wildman–Crippen LogP) is 3.28. The van der Waals surface area contributed by atoms with Crippen molar-refractivity contribution < 1.29 is 9.66 Å². The number of anilines is 1. The third kappa shape index (κ3) is 2.99. The molecule has 98 valence electrons. The molecule has 1 aromatic carbocycles. The second-order valence-electron chi connectivity index (χ2n) is 3.35. The Balaban J connectivity index is 2.40. The molecule has 2 aromatic rings. The molecule has 1 aromatic heterocycles. The van der Waals surface area contributed by atoms with Gasteiger partial charge in [-0.1, -0.05) is 0 Å². The van der Waals surface area contributed by atoms with Crippen molar-refractivity contribution in [1.29, 1.82) is 0 Å². The van der Waals surface area contributed by atoms with Crippen LogP contribution in [-0.4, -0.2) is 14.9 Å². The van der Waals surface area contributed by atoms with E-state index in [1.165, 1.54) is 24.5 Å². The summed E-state index contributed by atoms with van der Waals surface area (Å²) in [5.74, 6) is 0.647. The van der Waals surface area contributed by atoms with E-state index in [9.17, 15) is 10.1 Å². The Morgan fingerprint density at radius 2 is 2.05 bits per heavy atom. The third-order valence-electron chi connectivity index (χ3n) is 2.12. The summed E-state index contributed by atoms with van der Waals surface area (Å²) in [6.07, 6.45) is 1.24. The van der Waals surface area contributed by atoms with E-state index in [2.05, 4.69) is 41.8 Å². The number of rotatable bonds is 3. The summed E-state index contributed by atoms with van der Waals surface area (Å²) in [6.45, 7) is 0. The molecule has 2 N–H and O–H groups in total. The van der Waals surface area contributed by atoms with Crippen molar-refractivity contribution in [2.75, 3.05) is 5.73 Å². The number of hydrogen-bond donors (Lipinski definition) is 1. The topological polar surface area (TPSA) is 104 Å². The zero-order valence-electron chi connectivity index (χ0n) is 9.21. The van der Waals surface area contributed by atoms with Crippen LogP contribution in [0.15, 0.2) is 33.5 Å². The average molecular weight is 390 g/mol. The lowest BCUT2D eigenvalue weighted by molar-refractivity contribution is -0.384. The fourth-order valence-electron chi connectivity index (χ4n) is 1.23. The summed E-state index contributed by atoms with van der Waals surface area (Å²) in [5.41, 5.74) is 5.51. The Kier molecular flexibility index (Phi) is 3.96. The maximum atomic E-state index is 10.7. The van der Waals surface area contributed by atoms with Crippen LogP contribution in [0.4, 0.5) is 11.5 Å². The van der Waals surface area contributed by atoms with Gasteiger partial charge in [-0.25, -0.2) is 9.97 Å². The first-order chi connectivity index (χ1) is 8.99. The zero-order valence-corrected chi connectivity index (χ0v) is 12.4. The fraction of sp³-hybridized carbons (Fsp3) is 0. The van der Waals surface area contributed by atoms with Gasteiger partial charge in [-0.05, 0) is 37.9 Å². The quantitative estimate of drug-likeness (QED) is 0.637. The zero-order chi connectivity index (χ0) is 14.0. The van der Waals surface area contributed by atoms with Crippen molar-refractivity contribution in [3.05, 3.63) is 43.6 Å². The van der Waals surface area contributed by atoms with Gasteiger partial charge in [0.05, 0.1) is 15.5 Å². The Labute approximate surface area is 124 Å². The molecule has 0 aliphatic carbocycles. The molecule has 7 nitrogen and oxygen atoms in total.